The maximum Gasteiger partial charge on any atom is 0.142 e. The monoisotopic (exact) mass is 273 g/mol. The Morgan fingerprint density at radius 2 is 2.07 bits per heavy atom. The molecule has 15 heavy (non-hydrogen) atoms. The summed E-state index contributed by atoms with van der Waals surface area (Å²) in [4.78, 5) is 0. The van der Waals surface area contributed by atoms with E-state index in [1.165, 1.54) is 0 Å². The molecule has 4 heteroatoms. The summed E-state index contributed by atoms with van der Waals surface area (Å²) in [6.07, 6.45) is 0.232. The predicted molar refractivity (Wildman–Crippen MR) is 65.1 cm³/mol. The number of anilines is 1. The summed E-state index contributed by atoms with van der Waals surface area (Å²) in [5.41, 5.74) is 6.40. The van der Waals surface area contributed by atoms with Gasteiger partial charge in [-0.1, -0.05) is 15.9 Å². The van der Waals surface area contributed by atoms with Crippen molar-refractivity contribution in [1.29, 1.82) is 0 Å². The van der Waals surface area contributed by atoms with E-state index in [9.17, 15) is 0 Å². The van der Waals surface area contributed by atoms with Crippen LogP contribution < -0.4 is 10.5 Å². The van der Waals surface area contributed by atoms with Gasteiger partial charge >= 0.3 is 0 Å². The van der Waals surface area contributed by atoms with Crippen molar-refractivity contribution in [3.05, 3.63) is 22.7 Å². The fourth-order valence-corrected chi connectivity index (χ4v) is 1.46. The molecule has 0 aliphatic rings. The molecule has 0 atom stereocenters. The first-order valence-electron chi connectivity index (χ1n) is 4.89. The van der Waals surface area contributed by atoms with Gasteiger partial charge in [-0.15, -0.1) is 0 Å². The van der Waals surface area contributed by atoms with Crippen LogP contribution >= 0.6 is 15.9 Å². The van der Waals surface area contributed by atoms with Crippen molar-refractivity contribution in [1.82, 2.24) is 0 Å². The first kappa shape index (κ1) is 12.3. The standard InChI is InChI=1S/C11H16BrNO2/c1-8(2)14-5-6-15-11-4-3-9(12)7-10(11)13/h3-4,7-8H,5-6,13H2,1-2H3. The van der Waals surface area contributed by atoms with Crippen LogP contribution in [0.25, 0.3) is 0 Å². The molecule has 0 spiro atoms. The molecule has 0 heterocycles. The fourth-order valence-electron chi connectivity index (χ4n) is 1.09. The number of halogens is 1. The van der Waals surface area contributed by atoms with Gasteiger partial charge in [0.05, 0.1) is 18.4 Å². The minimum atomic E-state index is 0.232. The Kier molecular flexibility index (Phi) is 4.91. The Morgan fingerprint density at radius 1 is 1.33 bits per heavy atom. The van der Waals surface area contributed by atoms with E-state index in [1.54, 1.807) is 0 Å². The van der Waals surface area contributed by atoms with Gasteiger partial charge in [-0.3, -0.25) is 0 Å². The number of ether oxygens (including phenoxy) is 2. The normalized spacial score (nSPS) is 10.7. The molecule has 1 aromatic carbocycles. The highest BCUT2D eigenvalue weighted by Gasteiger charge is 2.01. The van der Waals surface area contributed by atoms with Crippen LogP contribution in [0.5, 0.6) is 5.75 Å². The molecule has 0 amide bonds. The zero-order valence-electron chi connectivity index (χ0n) is 9.00. The van der Waals surface area contributed by atoms with Crippen molar-refractivity contribution in [3.63, 3.8) is 0 Å². The SMILES string of the molecule is CC(C)OCCOc1ccc(Br)cc1N. The molecule has 0 unspecified atom stereocenters. The van der Waals surface area contributed by atoms with Crippen LogP contribution in [0.4, 0.5) is 5.69 Å². The summed E-state index contributed by atoms with van der Waals surface area (Å²) in [5.74, 6) is 0.700. The highest BCUT2D eigenvalue weighted by molar-refractivity contribution is 9.10. The summed E-state index contributed by atoms with van der Waals surface area (Å²) in [5, 5.41) is 0. The predicted octanol–water partition coefficient (Wildman–Crippen LogP) is 2.84. The Bertz CT molecular complexity index is 315. The minimum Gasteiger partial charge on any atom is -0.489 e. The average Bonchev–Trinajstić information content (AvgIpc) is 2.14. The average molecular weight is 274 g/mol. The van der Waals surface area contributed by atoms with Crippen LogP contribution in [0.2, 0.25) is 0 Å². The second-order valence-corrected chi connectivity index (χ2v) is 4.37. The topological polar surface area (TPSA) is 44.5 Å². The molecule has 0 fully saturated rings. The first-order valence-corrected chi connectivity index (χ1v) is 5.68. The zero-order chi connectivity index (χ0) is 11.3. The number of nitrogen functional groups attached to an aromatic ring is 1. The summed E-state index contributed by atoms with van der Waals surface area (Å²) >= 11 is 3.34. The van der Waals surface area contributed by atoms with Crippen LogP contribution in [-0.2, 0) is 4.74 Å². The maximum atomic E-state index is 5.77. The lowest BCUT2D eigenvalue weighted by atomic mass is 10.3. The van der Waals surface area contributed by atoms with Crippen molar-refractivity contribution in [3.8, 4) is 5.75 Å². The second kappa shape index (κ2) is 5.98. The van der Waals surface area contributed by atoms with E-state index in [-0.39, 0.29) is 6.10 Å². The van der Waals surface area contributed by atoms with Crippen molar-refractivity contribution in [2.45, 2.75) is 20.0 Å². The Morgan fingerprint density at radius 3 is 2.67 bits per heavy atom. The van der Waals surface area contributed by atoms with E-state index >= 15 is 0 Å². The molecule has 0 radical (unpaired) electrons. The van der Waals surface area contributed by atoms with Crippen LogP contribution in [0, 0.1) is 0 Å². The lowest BCUT2D eigenvalue weighted by Crippen LogP contribution is -2.11. The largest absolute Gasteiger partial charge is 0.489 e. The van der Waals surface area contributed by atoms with Crippen molar-refractivity contribution < 1.29 is 9.47 Å². The summed E-state index contributed by atoms with van der Waals surface area (Å²) < 4.78 is 11.8. The minimum absolute atomic E-state index is 0.232. The third-order valence-corrected chi connectivity index (χ3v) is 2.26. The Balaban J connectivity index is 2.37. The van der Waals surface area contributed by atoms with Crippen LogP contribution in [0.1, 0.15) is 13.8 Å². The highest BCUT2D eigenvalue weighted by Crippen LogP contribution is 2.24. The third kappa shape index (κ3) is 4.53. The van der Waals surface area contributed by atoms with Crippen LogP contribution in [0.3, 0.4) is 0 Å². The Labute approximate surface area is 98.7 Å². The fraction of sp³-hybridized carbons (Fsp3) is 0.455. The highest BCUT2D eigenvalue weighted by atomic mass is 79.9. The van der Waals surface area contributed by atoms with Crippen molar-refractivity contribution >= 4 is 21.6 Å². The van der Waals surface area contributed by atoms with Crippen LogP contribution in [0.15, 0.2) is 22.7 Å². The van der Waals surface area contributed by atoms with Gasteiger partial charge in [0, 0.05) is 4.47 Å². The van der Waals surface area contributed by atoms with Gasteiger partial charge in [-0.2, -0.15) is 0 Å². The molecule has 0 aliphatic heterocycles. The van der Waals surface area contributed by atoms with E-state index < -0.39 is 0 Å². The van der Waals surface area contributed by atoms with Gasteiger partial charge in [-0.25, -0.2) is 0 Å². The lowest BCUT2D eigenvalue weighted by molar-refractivity contribution is 0.0554. The number of benzene rings is 1. The first-order chi connectivity index (χ1) is 7.09. The summed E-state index contributed by atoms with van der Waals surface area (Å²) in [6, 6.07) is 5.56. The number of hydrogen-bond donors (Lipinski definition) is 1. The number of rotatable bonds is 5. The quantitative estimate of drug-likeness (QED) is 0.663. The number of hydrogen-bond acceptors (Lipinski definition) is 3. The van der Waals surface area contributed by atoms with Gasteiger partial charge in [0.2, 0.25) is 0 Å². The molecule has 0 bridgehead atoms. The van der Waals surface area contributed by atoms with E-state index in [1.807, 2.05) is 32.0 Å². The molecule has 0 saturated heterocycles. The number of nitrogens with two attached hydrogens (primary N) is 1. The molecule has 84 valence electrons. The van der Waals surface area contributed by atoms with E-state index in [0.717, 1.165) is 4.47 Å². The molecule has 0 aromatic heterocycles. The molecule has 0 aliphatic carbocycles. The molecular formula is C11H16BrNO2. The second-order valence-electron chi connectivity index (χ2n) is 3.45. The summed E-state index contributed by atoms with van der Waals surface area (Å²) in [6.45, 7) is 5.08. The van der Waals surface area contributed by atoms with Crippen molar-refractivity contribution in [2.75, 3.05) is 18.9 Å². The summed E-state index contributed by atoms with van der Waals surface area (Å²) in [7, 11) is 0. The van der Waals surface area contributed by atoms with E-state index in [2.05, 4.69) is 15.9 Å². The smallest absolute Gasteiger partial charge is 0.142 e. The molecule has 2 N–H and O–H groups in total. The molecule has 3 nitrogen and oxygen atoms in total. The molecule has 0 saturated carbocycles. The van der Waals surface area contributed by atoms with Gasteiger partial charge < -0.3 is 15.2 Å². The van der Waals surface area contributed by atoms with Crippen molar-refractivity contribution in [2.24, 2.45) is 0 Å². The van der Waals surface area contributed by atoms with Gasteiger partial charge in [0.25, 0.3) is 0 Å². The van der Waals surface area contributed by atoms with Gasteiger partial charge in [0.1, 0.15) is 12.4 Å². The Hall–Kier alpha value is -0.740. The lowest BCUT2D eigenvalue weighted by Gasteiger charge is -2.10. The molecular weight excluding hydrogens is 258 g/mol. The zero-order valence-corrected chi connectivity index (χ0v) is 10.6. The van der Waals surface area contributed by atoms with E-state index in [4.69, 9.17) is 15.2 Å². The van der Waals surface area contributed by atoms with E-state index in [0.29, 0.717) is 24.7 Å². The molecule has 1 aromatic rings. The van der Waals surface area contributed by atoms with Crippen LogP contribution in [-0.4, -0.2) is 19.3 Å². The van der Waals surface area contributed by atoms with Gasteiger partial charge in [0.15, 0.2) is 0 Å². The third-order valence-electron chi connectivity index (χ3n) is 1.76. The molecule has 1 rings (SSSR count). The maximum absolute atomic E-state index is 5.77. The van der Waals surface area contributed by atoms with Gasteiger partial charge in [-0.05, 0) is 32.0 Å².